The van der Waals surface area contributed by atoms with Crippen LogP contribution in [0.15, 0.2) is 0 Å². The van der Waals surface area contributed by atoms with Gasteiger partial charge in [0.1, 0.15) is 5.82 Å². The van der Waals surface area contributed by atoms with Crippen molar-refractivity contribution >= 4 is 5.91 Å². The van der Waals surface area contributed by atoms with Gasteiger partial charge in [0, 0.05) is 25.6 Å². The maximum Gasteiger partial charge on any atom is 0.293 e. The van der Waals surface area contributed by atoms with Gasteiger partial charge in [-0.15, -0.1) is 5.10 Å². The molecule has 0 spiro atoms. The largest absolute Gasteiger partial charge is 0.336 e. The van der Waals surface area contributed by atoms with Crippen LogP contribution < -0.4 is 5.32 Å². The second-order valence-electron chi connectivity index (χ2n) is 5.17. The molecule has 1 aromatic heterocycles. The molecule has 1 aliphatic rings. The number of hydrogen-bond acceptors (Lipinski definition) is 4. The molecular formula is C13H23N5O. The summed E-state index contributed by atoms with van der Waals surface area (Å²) in [6.45, 7) is 1.98. The summed E-state index contributed by atoms with van der Waals surface area (Å²) in [4.78, 5) is 18.3. The standard InChI is InChI=1S/C13H23N5O/c1-4-11-15-12(17-16-11)13(19)18(3)10-7-5-9(14-2)6-8-10/h9-10,14H,4-8H2,1-3H3,(H,15,16,17). The van der Waals surface area contributed by atoms with Crippen LogP contribution in [0, 0.1) is 0 Å². The molecule has 1 amide bonds. The van der Waals surface area contributed by atoms with Gasteiger partial charge in [-0.05, 0) is 32.7 Å². The number of carbonyl (C=O) groups excluding carboxylic acids is 1. The van der Waals surface area contributed by atoms with Gasteiger partial charge in [-0.25, -0.2) is 4.98 Å². The predicted octanol–water partition coefficient (Wildman–Crippen LogP) is 0.970. The van der Waals surface area contributed by atoms with Gasteiger partial charge in [0.05, 0.1) is 0 Å². The van der Waals surface area contributed by atoms with E-state index in [9.17, 15) is 4.79 Å². The monoisotopic (exact) mass is 265 g/mol. The number of hydrogen-bond donors (Lipinski definition) is 2. The molecule has 1 saturated carbocycles. The Hall–Kier alpha value is -1.43. The van der Waals surface area contributed by atoms with Crippen LogP contribution in [0.25, 0.3) is 0 Å². The molecule has 1 aromatic rings. The highest BCUT2D eigenvalue weighted by atomic mass is 16.2. The topological polar surface area (TPSA) is 73.9 Å². The van der Waals surface area contributed by atoms with E-state index in [2.05, 4.69) is 20.5 Å². The molecule has 19 heavy (non-hydrogen) atoms. The molecule has 2 N–H and O–H groups in total. The molecule has 0 atom stereocenters. The Balaban J connectivity index is 1.95. The van der Waals surface area contributed by atoms with Crippen molar-refractivity contribution in [1.82, 2.24) is 25.4 Å². The Kier molecular flexibility index (Phi) is 4.52. The second kappa shape index (κ2) is 6.14. The third kappa shape index (κ3) is 3.12. The lowest BCUT2D eigenvalue weighted by Crippen LogP contribution is -2.42. The average Bonchev–Trinajstić information content (AvgIpc) is 2.94. The first kappa shape index (κ1) is 14.0. The zero-order valence-corrected chi connectivity index (χ0v) is 11.9. The molecular weight excluding hydrogens is 242 g/mol. The zero-order chi connectivity index (χ0) is 13.8. The number of aryl methyl sites for hydroxylation is 1. The summed E-state index contributed by atoms with van der Waals surface area (Å²) in [6, 6.07) is 0.899. The van der Waals surface area contributed by atoms with Gasteiger partial charge in [-0.2, -0.15) is 0 Å². The van der Waals surface area contributed by atoms with Gasteiger partial charge < -0.3 is 10.2 Å². The number of aromatic nitrogens is 3. The minimum absolute atomic E-state index is 0.0798. The summed E-state index contributed by atoms with van der Waals surface area (Å²) in [5, 5.41) is 10.1. The van der Waals surface area contributed by atoms with E-state index < -0.39 is 0 Å². The summed E-state index contributed by atoms with van der Waals surface area (Å²) in [5.41, 5.74) is 0. The fourth-order valence-electron chi connectivity index (χ4n) is 2.62. The number of aromatic amines is 1. The van der Waals surface area contributed by atoms with E-state index in [1.807, 2.05) is 21.0 Å². The van der Waals surface area contributed by atoms with E-state index in [1.165, 1.54) is 0 Å². The fraction of sp³-hybridized carbons (Fsp3) is 0.769. The van der Waals surface area contributed by atoms with Gasteiger partial charge in [0.15, 0.2) is 0 Å². The molecule has 0 aromatic carbocycles. The summed E-state index contributed by atoms with van der Waals surface area (Å²) in [7, 11) is 3.86. The molecule has 106 valence electrons. The molecule has 0 saturated heterocycles. The molecule has 6 nitrogen and oxygen atoms in total. The molecule has 0 bridgehead atoms. The number of amides is 1. The summed E-state index contributed by atoms with van der Waals surface area (Å²) >= 11 is 0. The van der Waals surface area contributed by atoms with Crippen LogP contribution >= 0.6 is 0 Å². The maximum absolute atomic E-state index is 12.3. The summed E-state index contributed by atoms with van der Waals surface area (Å²) in [6.07, 6.45) is 5.08. The predicted molar refractivity (Wildman–Crippen MR) is 73.0 cm³/mol. The van der Waals surface area contributed by atoms with Crippen LogP contribution in [-0.4, -0.2) is 52.2 Å². The molecule has 0 unspecified atom stereocenters. The van der Waals surface area contributed by atoms with E-state index in [-0.39, 0.29) is 11.7 Å². The van der Waals surface area contributed by atoms with Crippen LogP contribution in [-0.2, 0) is 6.42 Å². The Morgan fingerprint density at radius 3 is 2.63 bits per heavy atom. The van der Waals surface area contributed by atoms with Crippen molar-refractivity contribution in [2.24, 2.45) is 0 Å². The quantitative estimate of drug-likeness (QED) is 0.850. The third-order valence-corrected chi connectivity index (χ3v) is 4.03. The van der Waals surface area contributed by atoms with Gasteiger partial charge in [-0.3, -0.25) is 9.89 Å². The number of nitrogens with one attached hydrogen (secondary N) is 2. The molecule has 1 heterocycles. The summed E-state index contributed by atoms with van der Waals surface area (Å²) < 4.78 is 0. The smallest absolute Gasteiger partial charge is 0.293 e. The van der Waals surface area contributed by atoms with Gasteiger partial charge in [0.2, 0.25) is 5.82 Å². The molecule has 1 aliphatic carbocycles. The highest BCUT2D eigenvalue weighted by Gasteiger charge is 2.28. The van der Waals surface area contributed by atoms with Crippen LogP contribution in [0.4, 0.5) is 0 Å². The lowest BCUT2D eigenvalue weighted by Gasteiger charge is -2.34. The van der Waals surface area contributed by atoms with Crippen LogP contribution in [0.5, 0.6) is 0 Å². The van der Waals surface area contributed by atoms with Crippen molar-refractivity contribution in [1.29, 1.82) is 0 Å². The second-order valence-corrected chi connectivity index (χ2v) is 5.17. The third-order valence-electron chi connectivity index (χ3n) is 4.03. The van der Waals surface area contributed by atoms with Crippen molar-refractivity contribution in [2.45, 2.75) is 51.1 Å². The molecule has 2 rings (SSSR count). The number of nitrogens with zero attached hydrogens (tertiary/aromatic N) is 3. The van der Waals surface area contributed by atoms with Crippen molar-refractivity contribution in [3.05, 3.63) is 11.6 Å². The van der Waals surface area contributed by atoms with Crippen LogP contribution in [0.2, 0.25) is 0 Å². The highest BCUT2D eigenvalue weighted by Crippen LogP contribution is 2.22. The Bertz CT molecular complexity index is 422. The zero-order valence-electron chi connectivity index (χ0n) is 11.9. The SMILES string of the molecule is CCc1nc(C(=O)N(C)C2CCC(NC)CC2)n[nH]1. The van der Waals surface area contributed by atoms with E-state index >= 15 is 0 Å². The lowest BCUT2D eigenvalue weighted by atomic mass is 9.90. The van der Waals surface area contributed by atoms with Crippen molar-refractivity contribution < 1.29 is 4.79 Å². The van der Waals surface area contributed by atoms with Crippen LogP contribution in [0.3, 0.4) is 0 Å². The summed E-state index contributed by atoms with van der Waals surface area (Å²) in [5.74, 6) is 0.967. The fourth-order valence-corrected chi connectivity index (χ4v) is 2.62. The van der Waals surface area contributed by atoms with E-state index in [0.29, 0.717) is 12.1 Å². The number of rotatable bonds is 4. The number of H-pyrrole nitrogens is 1. The maximum atomic E-state index is 12.3. The molecule has 1 fully saturated rings. The van der Waals surface area contributed by atoms with E-state index in [4.69, 9.17) is 0 Å². The normalized spacial score (nSPS) is 23.3. The first-order valence-corrected chi connectivity index (χ1v) is 7.01. The van der Waals surface area contributed by atoms with E-state index in [0.717, 1.165) is 37.9 Å². The Morgan fingerprint density at radius 2 is 2.11 bits per heavy atom. The molecule has 0 aliphatic heterocycles. The van der Waals surface area contributed by atoms with Crippen molar-refractivity contribution in [3.8, 4) is 0 Å². The van der Waals surface area contributed by atoms with Gasteiger partial charge in [0.25, 0.3) is 5.91 Å². The highest BCUT2D eigenvalue weighted by molar-refractivity contribution is 5.90. The number of carbonyl (C=O) groups is 1. The minimum Gasteiger partial charge on any atom is -0.336 e. The minimum atomic E-state index is -0.0798. The first-order valence-electron chi connectivity index (χ1n) is 7.01. The van der Waals surface area contributed by atoms with Crippen molar-refractivity contribution in [2.75, 3.05) is 14.1 Å². The van der Waals surface area contributed by atoms with Crippen LogP contribution in [0.1, 0.15) is 49.1 Å². The Morgan fingerprint density at radius 1 is 1.42 bits per heavy atom. The Labute approximate surface area is 114 Å². The van der Waals surface area contributed by atoms with Crippen molar-refractivity contribution in [3.63, 3.8) is 0 Å². The van der Waals surface area contributed by atoms with Gasteiger partial charge >= 0.3 is 0 Å². The van der Waals surface area contributed by atoms with E-state index in [1.54, 1.807) is 4.90 Å². The van der Waals surface area contributed by atoms with Gasteiger partial charge in [-0.1, -0.05) is 6.92 Å². The molecule has 0 radical (unpaired) electrons. The lowest BCUT2D eigenvalue weighted by molar-refractivity contribution is 0.0673. The average molecular weight is 265 g/mol. The first-order chi connectivity index (χ1) is 9.15. The molecule has 6 heteroatoms.